The van der Waals surface area contributed by atoms with Crippen LogP contribution in [0.4, 0.5) is 34.1 Å². The molecule has 0 saturated carbocycles. The van der Waals surface area contributed by atoms with E-state index in [9.17, 15) is 56.5 Å². The Hall–Kier alpha value is -4.52. The first-order valence-electron chi connectivity index (χ1n) is 13.0. The second kappa shape index (κ2) is 15.4. The molecule has 8 N–H and O–H groups in total. The van der Waals surface area contributed by atoms with E-state index in [0.29, 0.717) is 6.07 Å². The fourth-order valence-electron chi connectivity index (χ4n) is 3.77. The quantitative estimate of drug-likeness (QED) is 0.0681. The smallest absolute Gasteiger partial charge is 0.397 e. The van der Waals surface area contributed by atoms with Gasteiger partial charge in [-0.25, -0.2) is 30.0 Å². The van der Waals surface area contributed by atoms with E-state index in [4.69, 9.17) is 20.6 Å². The number of azo groups is 2. The summed E-state index contributed by atoms with van der Waals surface area (Å²) in [5, 5.41) is 24.8. The number of sulfone groups is 2. The van der Waals surface area contributed by atoms with Crippen molar-refractivity contribution in [2.45, 2.75) is 14.7 Å². The molecule has 0 spiro atoms. The predicted octanol–water partition coefficient (Wildman–Crippen LogP) is 1.81. The number of benzene rings is 3. The van der Waals surface area contributed by atoms with E-state index in [2.05, 4.69) is 28.8 Å². The third kappa shape index (κ3) is 11.5. The highest BCUT2D eigenvalue weighted by Gasteiger charge is 2.25. The Bertz CT molecular complexity index is 2470. The minimum absolute atomic E-state index is 0.0451. The average molecular weight is 817 g/mol. The lowest BCUT2D eigenvalue weighted by Gasteiger charge is -2.10. The molecule has 28 heteroatoms. The molecule has 278 valence electrons. The summed E-state index contributed by atoms with van der Waals surface area (Å²) in [5.74, 6) is -3.62. The van der Waals surface area contributed by atoms with Crippen LogP contribution < -0.4 is 11.5 Å². The van der Waals surface area contributed by atoms with E-state index in [1.807, 2.05) is 0 Å². The van der Waals surface area contributed by atoms with Gasteiger partial charge >= 0.3 is 26.8 Å². The molecule has 3 aromatic rings. The van der Waals surface area contributed by atoms with Crippen LogP contribution in [0.5, 0.6) is 0 Å². The van der Waals surface area contributed by atoms with Gasteiger partial charge in [0.05, 0.1) is 51.6 Å². The first-order chi connectivity index (χ1) is 23.3. The highest BCUT2D eigenvalue weighted by molar-refractivity contribution is 7.92. The van der Waals surface area contributed by atoms with Gasteiger partial charge in [-0.1, -0.05) is 0 Å². The molecule has 0 saturated heterocycles. The van der Waals surface area contributed by atoms with E-state index in [-0.39, 0.29) is 16.3 Å². The third-order valence-corrected chi connectivity index (χ3v) is 11.2. The topological polar surface area (TPSA) is 389 Å². The molecule has 0 atom stereocenters. The molecule has 0 fully saturated rings. The van der Waals surface area contributed by atoms with Gasteiger partial charge in [0.15, 0.2) is 19.7 Å². The Morgan fingerprint density at radius 2 is 1.08 bits per heavy atom. The molecular formula is C23H24N6O17S5. The number of nitrogen functional groups attached to an aromatic ring is 2. The zero-order chi connectivity index (χ0) is 38.6. The maximum atomic E-state index is 12.6. The number of rotatable bonds is 16. The van der Waals surface area contributed by atoms with Crippen LogP contribution in [0, 0.1) is 0 Å². The summed E-state index contributed by atoms with van der Waals surface area (Å²) in [6.45, 7) is -1.93. The molecule has 0 aromatic heterocycles. The fraction of sp³-hybridized carbons (Fsp3) is 0.174. The van der Waals surface area contributed by atoms with Crippen LogP contribution in [0.1, 0.15) is 10.4 Å². The molecule has 3 rings (SSSR count). The molecule has 0 unspecified atom stereocenters. The van der Waals surface area contributed by atoms with Crippen LogP contribution in [0.15, 0.2) is 83.7 Å². The number of anilines is 2. The maximum absolute atomic E-state index is 12.6. The molecule has 0 aliphatic rings. The van der Waals surface area contributed by atoms with E-state index in [1.54, 1.807) is 0 Å². The summed E-state index contributed by atoms with van der Waals surface area (Å²) >= 11 is 0. The third-order valence-electron chi connectivity index (χ3n) is 6.00. The monoisotopic (exact) mass is 816 g/mol. The van der Waals surface area contributed by atoms with Gasteiger partial charge in [0.25, 0.3) is 10.1 Å². The first-order valence-corrected chi connectivity index (χ1v) is 20.5. The second-order valence-corrected chi connectivity index (χ2v) is 17.4. The van der Waals surface area contributed by atoms with Gasteiger partial charge in [-0.2, -0.15) is 30.4 Å². The molecule has 0 heterocycles. The number of hydrogen-bond donors (Lipinski definition) is 6. The van der Waals surface area contributed by atoms with Gasteiger partial charge in [0, 0.05) is 0 Å². The lowest BCUT2D eigenvalue weighted by Crippen LogP contribution is -2.16. The van der Waals surface area contributed by atoms with Crippen LogP contribution in [0.3, 0.4) is 0 Å². The standard InChI is InChI=1S/C23H24N6O17S5/c24-16-12-17(25)22(29-27-18-6-5-15(11-19(18)49(36,37)38)48(34,35)10-8-46-51(42,43)44)20(23(30)31)21(16)28-26-13-1-3-14(4-2-13)47(32,33)9-7-45-50(39,40)41/h1-6,11-12H,7-10,24-25H2,(H,30,31)(H,36,37,38)(H,39,40,41)(H,42,43,44). The summed E-state index contributed by atoms with van der Waals surface area (Å²) in [4.78, 5) is 10.1. The summed E-state index contributed by atoms with van der Waals surface area (Å²) in [6, 6.07) is 7.36. The van der Waals surface area contributed by atoms with Crippen molar-refractivity contribution in [1.82, 2.24) is 0 Å². The number of nitrogens with two attached hydrogens (primary N) is 2. The van der Waals surface area contributed by atoms with Crippen LogP contribution in [0.25, 0.3) is 0 Å². The number of aromatic carboxylic acids is 1. The van der Waals surface area contributed by atoms with Crippen LogP contribution in [-0.4, -0.2) is 91.5 Å². The minimum atomic E-state index is -5.24. The zero-order valence-corrected chi connectivity index (χ0v) is 29.1. The Labute approximate surface area is 289 Å². The van der Waals surface area contributed by atoms with Crippen LogP contribution in [0.2, 0.25) is 0 Å². The number of hydrogen-bond acceptors (Lipinski definition) is 19. The van der Waals surface area contributed by atoms with Crippen molar-refractivity contribution >= 4 is 90.7 Å². The van der Waals surface area contributed by atoms with Crippen molar-refractivity contribution in [2.24, 2.45) is 20.5 Å². The van der Waals surface area contributed by atoms with Crippen molar-refractivity contribution < 1.29 is 74.0 Å². The largest absolute Gasteiger partial charge is 0.478 e. The molecule has 23 nitrogen and oxygen atoms in total. The van der Waals surface area contributed by atoms with Gasteiger partial charge in [0.2, 0.25) is 0 Å². The zero-order valence-electron chi connectivity index (χ0n) is 25.0. The lowest BCUT2D eigenvalue weighted by atomic mass is 10.1. The van der Waals surface area contributed by atoms with E-state index < -0.39 is 119 Å². The summed E-state index contributed by atoms with van der Waals surface area (Å²) in [5.41, 5.74) is 8.25. The Kier molecular flexibility index (Phi) is 12.3. The second-order valence-electron chi connectivity index (χ2n) is 9.57. The Balaban J connectivity index is 2.00. The number of nitrogens with zero attached hydrogens (tertiary/aromatic N) is 4. The predicted molar refractivity (Wildman–Crippen MR) is 172 cm³/mol. The number of carboxylic acid groups (broad SMARTS) is 1. The maximum Gasteiger partial charge on any atom is 0.397 e. The summed E-state index contributed by atoms with van der Waals surface area (Å²) < 4.78 is 152. The van der Waals surface area contributed by atoms with E-state index in [0.717, 1.165) is 42.5 Å². The average Bonchev–Trinajstić information content (AvgIpc) is 2.97. The van der Waals surface area contributed by atoms with Crippen LogP contribution in [-0.2, 0) is 59.0 Å². The molecule has 0 amide bonds. The Morgan fingerprint density at radius 1 is 0.627 bits per heavy atom. The normalized spacial score (nSPS) is 13.2. The molecule has 3 aromatic carbocycles. The molecule has 0 bridgehead atoms. The number of carboxylic acids is 1. The fourth-order valence-corrected chi connectivity index (χ4v) is 7.49. The minimum Gasteiger partial charge on any atom is -0.478 e. The van der Waals surface area contributed by atoms with E-state index in [1.165, 1.54) is 0 Å². The summed E-state index contributed by atoms with van der Waals surface area (Å²) in [7, 11) is -23.7. The molecule has 0 radical (unpaired) electrons. The molecular weight excluding hydrogens is 793 g/mol. The van der Waals surface area contributed by atoms with Crippen molar-refractivity contribution in [3.63, 3.8) is 0 Å². The van der Waals surface area contributed by atoms with Crippen molar-refractivity contribution in [3.05, 3.63) is 54.1 Å². The van der Waals surface area contributed by atoms with Crippen molar-refractivity contribution in [2.75, 3.05) is 36.2 Å². The highest BCUT2D eigenvalue weighted by Crippen LogP contribution is 2.41. The van der Waals surface area contributed by atoms with Gasteiger partial charge in [0.1, 0.15) is 27.5 Å². The highest BCUT2D eigenvalue weighted by atomic mass is 32.3. The lowest BCUT2D eigenvalue weighted by molar-refractivity contribution is 0.0698. The van der Waals surface area contributed by atoms with Gasteiger partial charge in [-0.15, -0.1) is 15.3 Å². The summed E-state index contributed by atoms with van der Waals surface area (Å²) in [6.07, 6.45) is 0. The van der Waals surface area contributed by atoms with E-state index >= 15 is 0 Å². The molecule has 0 aliphatic carbocycles. The van der Waals surface area contributed by atoms with Crippen molar-refractivity contribution in [1.29, 1.82) is 0 Å². The van der Waals surface area contributed by atoms with Gasteiger partial charge in [-0.05, 0) is 48.5 Å². The molecule has 0 aliphatic heterocycles. The first kappa shape index (κ1) is 40.9. The van der Waals surface area contributed by atoms with Gasteiger partial charge in [-0.3, -0.25) is 13.7 Å². The van der Waals surface area contributed by atoms with Crippen molar-refractivity contribution in [3.8, 4) is 0 Å². The van der Waals surface area contributed by atoms with Crippen LogP contribution >= 0.6 is 0 Å². The number of carbonyl (C=O) groups is 1. The SMILES string of the molecule is Nc1cc(N)c(N=Nc2ccc(S(=O)(=O)CCOS(=O)(=O)O)cc2S(=O)(=O)O)c(C(=O)O)c1N=Nc1ccc(S(=O)(=O)CCOS(=O)(=O)O)cc1. The molecule has 51 heavy (non-hydrogen) atoms. The Morgan fingerprint density at radius 3 is 1.53 bits per heavy atom. The van der Waals surface area contributed by atoms with Gasteiger partial charge < -0.3 is 16.6 Å².